The van der Waals surface area contributed by atoms with Gasteiger partial charge < -0.3 is 10.1 Å². The number of hydrogen-bond acceptors (Lipinski definition) is 2. The molecule has 0 atom stereocenters. The van der Waals surface area contributed by atoms with Crippen LogP contribution in [0.3, 0.4) is 0 Å². The number of ether oxygens (including phenoxy) is 1. The Morgan fingerprint density at radius 2 is 1.32 bits per heavy atom. The maximum absolute atomic E-state index is 12.0. The van der Waals surface area contributed by atoms with Gasteiger partial charge in [-0.15, -0.1) is 0 Å². The molecule has 31 heavy (non-hydrogen) atoms. The molecule has 0 fully saturated rings. The summed E-state index contributed by atoms with van der Waals surface area (Å²) in [5.41, 5.74) is 0.874. The van der Waals surface area contributed by atoms with Crippen LogP contribution in [-0.2, 0) is 9.53 Å². The highest BCUT2D eigenvalue weighted by Gasteiger charge is 2.24. The quantitative estimate of drug-likeness (QED) is 0.205. The summed E-state index contributed by atoms with van der Waals surface area (Å²) in [7, 11) is 0. The van der Waals surface area contributed by atoms with Crippen LogP contribution in [0.15, 0.2) is 0 Å². The molecule has 0 aliphatic carbocycles. The van der Waals surface area contributed by atoms with Crippen molar-refractivity contribution in [2.45, 2.75) is 151 Å². The Hall–Kier alpha value is -0.570. The zero-order chi connectivity index (χ0) is 23.8. The van der Waals surface area contributed by atoms with Crippen molar-refractivity contribution in [3.63, 3.8) is 0 Å². The third kappa shape index (κ3) is 21.1. The van der Waals surface area contributed by atoms with Crippen LogP contribution < -0.4 is 5.32 Å². The van der Waals surface area contributed by atoms with Gasteiger partial charge in [0.1, 0.15) is 0 Å². The number of nitrogens with one attached hydrogen (secondary N) is 1. The van der Waals surface area contributed by atoms with Gasteiger partial charge in [-0.3, -0.25) is 4.79 Å². The molecule has 3 nitrogen and oxygen atoms in total. The molecule has 0 saturated carbocycles. The Labute approximate surface area is 195 Å². The summed E-state index contributed by atoms with van der Waals surface area (Å²) in [6, 6.07) is 0. The molecule has 0 heterocycles. The lowest BCUT2D eigenvalue weighted by atomic mass is 9.73. The molecule has 1 N–H and O–H groups in total. The standard InChI is InChI=1S/C28H57NO2/c1-9-20-28(7,8)31-23-18-14-13-17-22-29-25(30)19-15-11-10-12-16-21-27(5,6)24-26(2,3)4/h9-24H2,1-8H3,(H,29,30). The molecule has 0 aromatic heterocycles. The maximum atomic E-state index is 12.0. The van der Waals surface area contributed by atoms with Crippen LogP contribution >= 0.6 is 0 Å². The molecule has 3 heteroatoms. The van der Waals surface area contributed by atoms with Crippen molar-refractivity contribution in [3.8, 4) is 0 Å². The summed E-state index contributed by atoms with van der Waals surface area (Å²) in [6.07, 6.45) is 16.2. The third-order valence-electron chi connectivity index (χ3n) is 6.00. The number of carbonyl (C=O) groups is 1. The van der Waals surface area contributed by atoms with Gasteiger partial charge in [0.2, 0.25) is 5.91 Å². The van der Waals surface area contributed by atoms with Gasteiger partial charge in [0.25, 0.3) is 0 Å². The van der Waals surface area contributed by atoms with Crippen LogP contribution in [-0.4, -0.2) is 24.7 Å². The number of unbranched alkanes of at least 4 members (excludes halogenated alkanes) is 7. The van der Waals surface area contributed by atoms with Gasteiger partial charge >= 0.3 is 0 Å². The van der Waals surface area contributed by atoms with Gasteiger partial charge in [0.05, 0.1) is 5.60 Å². The van der Waals surface area contributed by atoms with E-state index in [1.807, 2.05) is 0 Å². The molecule has 0 aliphatic rings. The molecule has 0 rings (SSSR count). The second kappa shape index (κ2) is 16.1. The minimum atomic E-state index is 0.0194. The van der Waals surface area contributed by atoms with E-state index in [1.54, 1.807) is 0 Å². The van der Waals surface area contributed by atoms with E-state index >= 15 is 0 Å². The Balaban J connectivity index is 3.50. The molecule has 0 unspecified atom stereocenters. The van der Waals surface area contributed by atoms with Gasteiger partial charge in [0.15, 0.2) is 0 Å². The van der Waals surface area contributed by atoms with Crippen molar-refractivity contribution in [2.75, 3.05) is 13.2 Å². The van der Waals surface area contributed by atoms with E-state index in [0.717, 1.165) is 38.8 Å². The molecule has 0 aromatic carbocycles. The predicted molar refractivity (Wildman–Crippen MR) is 137 cm³/mol. The normalized spacial score (nSPS) is 12.9. The Bertz CT molecular complexity index is 448. The van der Waals surface area contributed by atoms with E-state index < -0.39 is 0 Å². The number of amides is 1. The van der Waals surface area contributed by atoms with Crippen LogP contribution in [0.5, 0.6) is 0 Å². The molecule has 0 aliphatic heterocycles. The van der Waals surface area contributed by atoms with Gasteiger partial charge in [0, 0.05) is 19.6 Å². The highest BCUT2D eigenvalue weighted by Crippen LogP contribution is 2.37. The van der Waals surface area contributed by atoms with E-state index in [0.29, 0.717) is 17.3 Å². The van der Waals surface area contributed by atoms with Gasteiger partial charge in [-0.2, -0.15) is 0 Å². The summed E-state index contributed by atoms with van der Waals surface area (Å²) >= 11 is 0. The van der Waals surface area contributed by atoms with Gasteiger partial charge in [-0.05, 0) is 63.2 Å². The fraction of sp³-hybridized carbons (Fsp3) is 0.964. The lowest BCUT2D eigenvalue weighted by Gasteiger charge is -2.32. The second-order valence-electron chi connectivity index (χ2n) is 12.3. The lowest BCUT2D eigenvalue weighted by molar-refractivity contribution is -0.121. The SMILES string of the molecule is CCCC(C)(C)OCCCCCCNC(=O)CCCCCCCC(C)(C)CC(C)(C)C. The average Bonchev–Trinajstić information content (AvgIpc) is 2.60. The molecular formula is C28H57NO2. The van der Waals surface area contributed by atoms with Crippen LogP contribution in [0.25, 0.3) is 0 Å². The Morgan fingerprint density at radius 1 is 0.742 bits per heavy atom. The molecule has 0 bridgehead atoms. The Morgan fingerprint density at radius 3 is 1.97 bits per heavy atom. The first-order valence-corrected chi connectivity index (χ1v) is 13.3. The van der Waals surface area contributed by atoms with Crippen molar-refractivity contribution < 1.29 is 9.53 Å². The number of hydrogen-bond donors (Lipinski definition) is 1. The zero-order valence-corrected chi connectivity index (χ0v) is 22.6. The monoisotopic (exact) mass is 439 g/mol. The topological polar surface area (TPSA) is 38.3 Å². The summed E-state index contributed by atoms with van der Waals surface area (Å²) in [5, 5.41) is 3.09. The minimum Gasteiger partial charge on any atom is -0.376 e. The second-order valence-corrected chi connectivity index (χ2v) is 12.3. The maximum Gasteiger partial charge on any atom is 0.219 e. The minimum absolute atomic E-state index is 0.0194. The highest BCUT2D eigenvalue weighted by molar-refractivity contribution is 5.75. The smallest absolute Gasteiger partial charge is 0.219 e. The van der Waals surface area contributed by atoms with E-state index in [2.05, 4.69) is 60.7 Å². The summed E-state index contributed by atoms with van der Waals surface area (Å²) in [6.45, 7) is 20.1. The van der Waals surface area contributed by atoms with Gasteiger partial charge in [-0.25, -0.2) is 0 Å². The van der Waals surface area contributed by atoms with Crippen LogP contribution in [0, 0.1) is 10.8 Å². The van der Waals surface area contributed by atoms with Gasteiger partial charge in [-0.1, -0.05) is 86.5 Å². The molecular weight excluding hydrogens is 382 g/mol. The van der Waals surface area contributed by atoms with Crippen molar-refractivity contribution in [1.29, 1.82) is 0 Å². The predicted octanol–water partition coefficient (Wildman–Crippen LogP) is 8.45. The first-order valence-electron chi connectivity index (χ1n) is 13.3. The third-order valence-corrected chi connectivity index (χ3v) is 6.00. The zero-order valence-electron chi connectivity index (χ0n) is 22.6. The van der Waals surface area contributed by atoms with E-state index in [4.69, 9.17) is 4.74 Å². The highest BCUT2D eigenvalue weighted by atomic mass is 16.5. The molecule has 0 aromatic rings. The van der Waals surface area contributed by atoms with Crippen LogP contribution in [0.2, 0.25) is 0 Å². The van der Waals surface area contributed by atoms with E-state index in [1.165, 1.54) is 57.8 Å². The largest absolute Gasteiger partial charge is 0.376 e. The summed E-state index contributed by atoms with van der Waals surface area (Å²) in [4.78, 5) is 12.0. The Kier molecular flexibility index (Phi) is 15.8. The number of carbonyl (C=O) groups excluding carboxylic acids is 1. The first-order chi connectivity index (χ1) is 14.4. The number of rotatable bonds is 19. The van der Waals surface area contributed by atoms with Crippen LogP contribution in [0.1, 0.15) is 145 Å². The van der Waals surface area contributed by atoms with Crippen molar-refractivity contribution in [3.05, 3.63) is 0 Å². The van der Waals surface area contributed by atoms with E-state index in [-0.39, 0.29) is 11.5 Å². The molecule has 0 saturated heterocycles. The van der Waals surface area contributed by atoms with E-state index in [9.17, 15) is 4.79 Å². The molecule has 0 spiro atoms. The fourth-order valence-corrected chi connectivity index (χ4v) is 4.86. The fourth-order valence-electron chi connectivity index (χ4n) is 4.86. The van der Waals surface area contributed by atoms with Crippen molar-refractivity contribution in [1.82, 2.24) is 5.32 Å². The van der Waals surface area contributed by atoms with Crippen molar-refractivity contribution >= 4 is 5.91 Å². The average molecular weight is 440 g/mol. The lowest BCUT2D eigenvalue weighted by Crippen LogP contribution is -2.24. The van der Waals surface area contributed by atoms with Crippen molar-refractivity contribution in [2.24, 2.45) is 10.8 Å². The first kappa shape index (κ1) is 30.4. The molecule has 1 amide bonds. The molecule has 0 radical (unpaired) electrons. The molecule has 186 valence electrons. The van der Waals surface area contributed by atoms with Crippen LogP contribution in [0.4, 0.5) is 0 Å². The summed E-state index contributed by atoms with van der Waals surface area (Å²) < 4.78 is 5.96. The summed E-state index contributed by atoms with van der Waals surface area (Å²) in [5.74, 6) is 0.232.